The van der Waals surface area contributed by atoms with Gasteiger partial charge in [0, 0.05) is 42.0 Å². The van der Waals surface area contributed by atoms with Gasteiger partial charge in [0.1, 0.15) is 6.04 Å². The maximum atomic E-state index is 12.6. The summed E-state index contributed by atoms with van der Waals surface area (Å²) < 4.78 is 1.03. The Morgan fingerprint density at radius 1 is 1.00 bits per heavy atom. The van der Waals surface area contributed by atoms with E-state index >= 15 is 0 Å². The van der Waals surface area contributed by atoms with Crippen LogP contribution in [0.2, 0.25) is 0 Å². The number of carbonyl (C=O) groups excluding carboxylic acids is 1. The third-order valence-corrected chi connectivity index (χ3v) is 4.84. The van der Waals surface area contributed by atoms with E-state index in [4.69, 9.17) is 0 Å². The zero-order valence-corrected chi connectivity index (χ0v) is 15.4. The van der Waals surface area contributed by atoms with Crippen molar-refractivity contribution in [3.63, 3.8) is 0 Å². The van der Waals surface area contributed by atoms with Crippen LogP contribution in [-0.4, -0.2) is 43.0 Å². The first-order valence-electron chi connectivity index (χ1n) is 8.24. The van der Waals surface area contributed by atoms with Gasteiger partial charge in [0.2, 0.25) is 5.91 Å². The van der Waals surface area contributed by atoms with E-state index in [1.165, 1.54) is 5.69 Å². The summed E-state index contributed by atoms with van der Waals surface area (Å²) in [6.07, 6.45) is 0. The third-order valence-electron chi connectivity index (χ3n) is 4.31. The summed E-state index contributed by atoms with van der Waals surface area (Å²) >= 11 is 3.42. The molecule has 0 spiro atoms. The van der Waals surface area contributed by atoms with Crippen molar-refractivity contribution < 1.29 is 4.79 Å². The lowest BCUT2D eigenvalue weighted by Gasteiger charge is -2.37. The van der Waals surface area contributed by atoms with Crippen molar-refractivity contribution in [3.05, 3.63) is 59.1 Å². The highest BCUT2D eigenvalue weighted by Gasteiger charge is 2.24. The molecule has 1 aliphatic heterocycles. The summed E-state index contributed by atoms with van der Waals surface area (Å²) in [7, 11) is 0. The van der Waals surface area contributed by atoms with Gasteiger partial charge in [-0.15, -0.1) is 0 Å². The van der Waals surface area contributed by atoms with Crippen molar-refractivity contribution in [3.8, 4) is 0 Å². The van der Waals surface area contributed by atoms with Crippen LogP contribution in [0.1, 0.15) is 6.92 Å². The topological polar surface area (TPSA) is 35.6 Å². The first kappa shape index (κ1) is 16.8. The van der Waals surface area contributed by atoms with Crippen molar-refractivity contribution in [1.82, 2.24) is 4.90 Å². The minimum atomic E-state index is -0.227. The number of piperazine rings is 1. The smallest absolute Gasteiger partial charge is 0.244 e. The molecule has 2 aromatic rings. The summed E-state index contributed by atoms with van der Waals surface area (Å²) in [5, 5.41) is 3.28. The summed E-state index contributed by atoms with van der Waals surface area (Å²) in [5.74, 6) is 0.158. The van der Waals surface area contributed by atoms with Crippen LogP contribution in [0.5, 0.6) is 0 Å². The Bertz CT molecular complexity index is 667. The van der Waals surface area contributed by atoms with Gasteiger partial charge in [-0.2, -0.15) is 0 Å². The second-order valence-corrected chi connectivity index (χ2v) is 6.94. The Balaban J connectivity index is 1.53. The van der Waals surface area contributed by atoms with Gasteiger partial charge in [-0.3, -0.25) is 4.79 Å². The van der Waals surface area contributed by atoms with Crippen LogP contribution in [0.4, 0.5) is 11.4 Å². The molecular weight excluding hydrogens is 366 g/mol. The Morgan fingerprint density at radius 2 is 1.62 bits per heavy atom. The maximum absolute atomic E-state index is 12.6. The Labute approximate surface area is 151 Å². The molecule has 0 aromatic heterocycles. The predicted octanol–water partition coefficient (Wildman–Crippen LogP) is 3.60. The molecule has 1 fully saturated rings. The Hall–Kier alpha value is -2.01. The Morgan fingerprint density at radius 3 is 2.25 bits per heavy atom. The molecule has 1 heterocycles. The van der Waals surface area contributed by atoms with E-state index in [1.54, 1.807) is 0 Å². The van der Waals surface area contributed by atoms with Crippen molar-refractivity contribution in [1.29, 1.82) is 0 Å². The zero-order valence-electron chi connectivity index (χ0n) is 13.8. The fraction of sp³-hybridized carbons (Fsp3) is 0.316. The molecule has 1 N–H and O–H groups in total. The Kier molecular flexibility index (Phi) is 5.41. The molecule has 1 atom stereocenters. The molecule has 1 saturated heterocycles. The van der Waals surface area contributed by atoms with E-state index in [0.29, 0.717) is 0 Å². The number of benzene rings is 2. The molecule has 24 heavy (non-hydrogen) atoms. The van der Waals surface area contributed by atoms with Crippen molar-refractivity contribution in [2.24, 2.45) is 0 Å². The van der Waals surface area contributed by atoms with Gasteiger partial charge in [0.25, 0.3) is 0 Å². The number of halogens is 1. The van der Waals surface area contributed by atoms with Crippen LogP contribution >= 0.6 is 15.9 Å². The third kappa shape index (κ3) is 4.09. The number of hydrogen-bond acceptors (Lipinski definition) is 3. The molecule has 0 unspecified atom stereocenters. The van der Waals surface area contributed by atoms with E-state index < -0.39 is 0 Å². The normalized spacial score (nSPS) is 15.9. The molecule has 5 heteroatoms. The second kappa shape index (κ2) is 7.71. The summed E-state index contributed by atoms with van der Waals surface area (Å²) in [4.78, 5) is 16.9. The van der Waals surface area contributed by atoms with Crippen molar-refractivity contribution in [2.75, 3.05) is 36.4 Å². The molecule has 0 saturated carbocycles. The monoisotopic (exact) mass is 387 g/mol. The first-order chi connectivity index (χ1) is 11.6. The van der Waals surface area contributed by atoms with Gasteiger partial charge in [-0.05, 0) is 43.3 Å². The lowest BCUT2D eigenvalue weighted by Crippen LogP contribution is -2.52. The average Bonchev–Trinajstić information content (AvgIpc) is 2.64. The van der Waals surface area contributed by atoms with Crippen LogP contribution in [0.3, 0.4) is 0 Å². The number of amides is 1. The molecule has 0 aliphatic carbocycles. The fourth-order valence-electron chi connectivity index (χ4n) is 2.96. The van der Waals surface area contributed by atoms with Crippen LogP contribution in [-0.2, 0) is 4.79 Å². The van der Waals surface area contributed by atoms with Gasteiger partial charge in [-0.25, -0.2) is 0 Å². The lowest BCUT2D eigenvalue weighted by molar-refractivity contribution is -0.131. The standard InChI is InChI=1S/C19H22BrN3O/c1-15(21-17-9-7-16(20)8-10-17)19(24)23-13-11-22(12-14-23)18-5-3-2-4-6-18/h2-10,15,21H,11-14H2,1H3/t15-/m1/s1. The summed E-state index contributed by atoms with van der Waals surface area (Å²) in [5.41, 5.74) is 2.19. The lowest BCUT2D eigenvalue weighted by atomic mass is 10.2. The molecule has 2 aromatic carbocycles. The van der Waals surface area contributed by atoms with Crippen molar-refractivity contribution >= 4 is 33.2 Å². The molecule has 126 valence electrons. The van der Waals surface area contributed by atoms with E-state index in [-0.39, 0.29) is 11.9 Å². The average molecular weight is 388 g/mol. The molecular formula is C19H22BrN3O. The minimum absolute atomic E-state index is 0.158. The highest BCUT2D eigenvalue weighted by Crippen LogP contribution is 2.18. The van der Waals surface area contributed by atoms with Gasteiger partial charge >= 0.3 is 0 Å². The minimum Gasteiger partial charge on any atom is -0.374 e. The number of para-hydroxylation sites is 1. The number of anilines is 2. The SMILES string of the molecule is C[C@@H](Nc1ccc(Br)cc1)C(=O)N1CCN(c2ccccc2)CC1. The summed E-state index contributed by atoms with van der Waals surface area (Å²) in [6.45, 7) is 5.20. The first-order valence-corrected chi connectivity index (χ1v) is 9.03. The van der Waals surface area contributed by atoms with Gasteiger partial charge in [0.05, 0.1) is 0 Å². The highest BCUT2D eigenvalue weighted by atomic mass is 79.9. The van der Waals surface area contributed by atoms with Gasteiger partial charge < -0.3 is 15.1 Å². The van der Waals surface area contributed by atoms with Crippen LogP contribution in [0.25, 0.3) is 0 Å². The number of rotatable bonds is 4. The maximum Gasteiger partial charge on any atom is 0.244 e. The van der Waals surface area contributed by atoms with Crippen LogP contribution in [0.15, 0.2) is 59.1 Å². The van der Waals surface area contributed by atoms with Gasteiger partial charge in [-0.1, -0.05) is 34.1 Å². The number of hydrogen-bond donors (Lipinski definition) is 1. The van der Waals surface area contributed by atoms with E-state index in [0.717, 1.165) is 36.3 Å². The molecule has 4 nitrogen and oxygen atoms in total. The zero-order chi connectivity index (χ0) is 16.9. The molecule has 1 amide bonds. The fourth-order valence-corrected chi connectivity index (χ4v) is 3.22. The molecule has 0 radical (unpaired) electrons. The quantitative estimate of drug-likeness (QED) is 0.870. The number of nitrogens with one attached hydrogen (secondary N) is 1. The highest BCUT2D eigenvalue weighted by molar-refractivity contribution is 9.10. The largest absolute Gasteiger partial charge is 0.374 e. The molecule has 0 bridgehead atoms. The number of nitrogens with zero attached hydrogens (tertiary/aromatic N) is 2. The van der Waals surface area contributed by atoms with Crippen molar-refractivity contribution in [2.45, 2.75) is 13.0 Å². The van der Waals surface area contributed by atoms with Crippen LogP contribution < -0.4 is 10.2 Å². The van der Waals surface area contributed by atoms with E-state index in [9.17, 15) is 4.79 Å². The molecule has 3 rings (SSSR count). The molecule has 1 aliphatic rings. The van der Waals surface area contributed by atoms with Crippen LogP contribution in [0, 0.1) is 0 Å². The van der Waals surface area contributed by atoms with Gasteiger partial charge in [0.15, 0.2) is 0 Å². The summed E-state index contributed by atoms with van der Waals surface area (Å²) in [6, 6.07) is 18.0. The second-order valence-electron chi connectivity index (χ2n) is 6.02. The van der Waals surface area contributed by atoms with E-state index in [1.807, 2.05) is 42.2 Å². The number of carbonyl (C=O) groups is 1. The predicted molar refractivity (Wildman–Crippen MR) is 102 cm³/mol. The van der Waals surface area contributed by atoms with E-state index in [2.05, 4.69) is 50.4 Å².